The molecule has 21 heavy (non-hydrogen) atoms. The van der Waals surface area contributed by atoms with Gasteiger partial charge in [-0.05, 0) is 37.8 Å². The number of pyridine rings is 1. The summed E-state index contributed by atoms with van der Waals surface area (Å²) >= 11 is 0. The number of hydrogen-bond donors (Lipinski definition) is 1. The molecule has 3 rings (SSSR count). The second-order valence-electron chi connectivity index (χ2n) is 5.86. The number of methoxy groups -OCH3 is 1. The fourth-order valence-corrected chi connectivity index (χ4v) is 3.13. The summed E-state index contributed by atoms with van der Waals surface area (Å²) in [5, 5.41) is 3.59. The number of morpholine rings is 1. The molecule has 2 aliphatic rings. The van der Waals surface area contributed by atoms with Gasteiger partial charge in [0.2, 0.25) is 0 Å². The van der Waals surface area contributed by atoms with E-state index in [4.69, 9.17) is 9.47 Å². The highest BCUT2D eigenvalue weighted by molar-refractivity contribution is 5.49. The van der Waals surface area contributed by atoms with Crippen molar-refractivity contribution >= 4 is 11.5 Å². The van der Waals surface area contributed by atoms with E-state index in [9.17, 15) is 0 Å². The number of anilines is 2. The molecule has 2 fully saturated rings. The van der Waals surface area contributed by atoms with Crippen molar-refractivity contribution < 1.29 is 9.47 Å². The van der Waals surface area contributed by atoms with Gasteiger partial charge in [0.1, 0.15) is 5.82 Å². The molecular weight excluding hydrogens is 266 g/mol. The summed E-state index contributed by atoms with van der Waals surface area (Å²) in [6, 6.07) is 4.79. The monoisotopic (exact) mass is 291 g/mol. The van der Waals surface area contributed by atoms with Gasteiger partial charge in [-0.1, -0.05) is 0 Å². The first kappa shape index (κ1) is 14.6. The zero-order valence-corrected chi connectivity index (χ0v) is 12.8. The Bertz CT molecular complexity index is 424. The molecule has 0 aromatic carbocycles. The van der Waals surface area contributed by atoms with Crippen LogP contribution < -0.4 is 10.2 Å². The van der Waals surface area contributed by atoms with Gasteiger partial charge in [0, 0.05) is 26.2 Å². The number of aromatic nitrogens is 1. The second-order valence-corrected chi connectivity index (χ2v) is 5.86. The van der Waals surface area contributed by atoms with Crippen LogP contribution in [0.15, 0.2) is 18.3 Å². The van der Waals surface area contributed by atoms with E-state index in [0.29, 0.717) is 12.1 Å². The molecule has 0 unspecified atom stereocenters. The van der Waals surface area contributed by atoms with Crippen LogP contribution in [-0.2, 0) is 9.47 Å². The van der Waals surface area contributed by atoms with Gasteiger partial charge in [-0.25, -0.2) is 4.98 Å². The van der Waals surface area contributed by atoms with Gasteiger partial charge in [-0.15, -0.1) is 0 Å². The Balaban J connectivity index is 1.52. The standard InChI is InChI=1S/C16H25N3O2/c1-20-15-5-2-13(3-6-15)18-14-4-7-16(17-12-14)19-8-10-21-11-9-19/h4,7,12-13,15,18H,2-3,5-6,8-11H2,1H3. The zero-order chi connectivity index (χ0) is 14.5. The SMILES string of the molecule is COC1CCC(Nc2ccc(N3CCOCC3)nc2)CC1. The lowest BCUT2D eigenvalue weighted by atomic mass is 9.93. The fraction of sp³-hybridized carbons (Fsp3) is 0.688. The molecule has 1 aromatic rings. The van der Waals surface area contributed by atoms with E-state index in [2.05, 4.69) is 27.3 Å². The van der Waals surface area contributed by atoms with E-state index in [1.807, 2.05) is 13.3 Å². The van der Waals surface area contributed by atoms with Gasteiger partial charge in [0.05, 0.1) is 31.2 Å². The first-order chi connectivity index (χ1) is 10.3. The molecule has 0 atom stereocenters. The van der Waals surface area contributed by atoms with Crippen LogP contribution in [0.5, 0.6) is 0 Å². The minimum atomic E-state index is 0.449. The second kappa shape index (κ2) is 7.09. The number of rotatable bonds is 4. The maximum Gasteiger partial charge on any atom is 0.128 e. The van der Waals surface area contributed by atoms with Crippen molar-refractivity contribution in [3.05, 3.63) is 18.3 Å². The lowest BCUT2D eigenvalue weighted by Crippen LogP contribution is -2.36. The van der Waals surface area contributed by atoms with Crippen LogP contribution in [0.4, 0.5) is 11.5 Å². The highest BCUT2D eigenvalue weighted by atomic mass is 16.5. The average Bonchev–Trinajstić information content (AvgIpc) is 2.57. The van der Waals surface area contributed by atoms with Crippen molar-refractivity contribution in [3.63, 3.8) is 0 Å². The van der Waals surface area contributed by atoms with Crippen LogP contribution >= 0.6 is 0 Å². The van der Waals surface area contributed by atoms with E-state index in [-0.39, 0.29) is 0 Å². The summed E-state index contributed by atoms with van der Waals surface area (Å²) < 4.78 is 10.8. The number of hydrogen-bond acceptors (Lipinski definition) is 5. The third-order valence-electron chi connectivity index (χ3n) is 4.46. The summed E-state index contributed by atoms with van der Waals surface area (Å²) in [7, 11) is 1.81. The van der Waals surface area contributed by atoms with Crippen molar-refractivity contribution in [3.8, 4) is 0 Å². The van der Waals surface area contributed by atoms with E-state index >= 15 is 0 Å². The molecule has 1 saturated heterocycles. The molecule has 5 nitrogen and oxygen atoms in total. The molecule has 2 heterocycles. The first-order valence-corrected chi connectivity index (χ1v) is 7.93. The predicted octanol–water partition coefficient (Wildman–Crippen LogP) is 2.29. The summed E-state index contributed by atoms with van der Waals surface area (Å²) in [5.41, 5.74) is 1.12. The van der Waals surface area contributed by atoms with Crippen molar-refractivity contribution in [2.45, 2.75) is 37.8 Å². The van der Waals surface area contributed by atoms with E-state index in [0.717, 1.165) is 50.7 Å². The fourth-order valence-electron chi connectivity index (χ4n) is 3.13. The number of nitrogens with zero attached hydrogens (tertiary/aromatic N) is 2. The summed E-state index contributed by atoms with van der Waals surface area (Å²) in [5.74, 6) is 1.05. The van der Waals surface area contributed by atoms with Gasteiger partial charge in [-0.3, -0.25) is 0 Å². The normalized spacial score (nSPS) is 26.6. The highest BCUT2D eigenvalue weighted by Crippen LogP contribution is 2.24. The molecule has 116 valence electrons. The van der Waals surface area contributed by atoms with Crippen LogP contribution in [0.2, 0.25) is 0 Å². The summed E-state index contributed by atoms with van der Waals surface area (Å²) in [6.07, 6.45) is 7.03. The van der Waals surface area contributed by atoms with Crippen molar-refractivity contribution in [1.29, 1.82) is 0 Å². The van der Waals surface area contributed by atoms with E-state index in [1.54, 1.807) is 0 Å². The van der Waals surface area contributed by atoms with E-state index in [1.165, 1.54) is 12.8 Å². The minimum Gasteiger partial charge on any atom is -0.381 e. The molecule has 1 aliphatic carbocycles. The minimum absolute atomic E-state index is 0.449. The molecule has 0 radical (unpaired) electrons. The lowest BCUT2D eigenvalue weighted by Gasteiger charge is -2.29. The Hall–Kier alpha value is -1.33. The highest BCUT2D eigenvalue weighted by Gasteiger charge is 2.20. The molecule has 1 saturated carbocycles. The van der Waals surface area contributed by atoms with Gasteiger partial charge >= 0.3 is 0 Å². The Labute approximate surface area is 126 Å². The lowest BCUT2D eigenvalue weighted by molar-refractivity contribution is 0.0682. The third-order valence-corrected chi connectivity index (χ3v) is 4.46. The Morgan fingerprint density at radius 1 is 1.19 bits per heavy atom. The summed E-state index contributed by atoms with van der Waals surface area (Å²) in [6.45, 7) is 3.45. The maximum absolute atomic E-state index is 5.42. The average molecular weight is 291 g/mol. The van der Waals surface area contributed by atoms with Gasteiger partial charge in [0.25, 0.3) is 0 Å². The number of ether oxygens (including phenoxy) is 2. The smallest absolute Gasteiger partial charge is 0.128 e. The Morgan fingerprint density at radius 3 is 2.57 bits per heavy atom. The topological polar surface area (TPSA) is 46.6 Å². The van der Waals surface area contributed by atoms with E-state index < -0.39 is 0 Å². The molecule has 0 amide bonds. The molecule has 1 aromatic heterocycles. The zero-order valence-electron chi connectivity index (χ0n) is 12.8. The van der Waals surface area contributed by atoms with Crippen molar-refractivity contribution in [2.75, 3.05) is 43.6 Å². The molecule has 5 heteroatoms. The molecule has 1 aliphatic heterocycles. The molecule has 0 bridgehead atoms. The first-order valence-electron chi connectivity index (χ1n) is 7.93. The van der Waals surface area contributed by atoms with Crippen molar-refractivity contribution in [2.24, 2.45) is 0 Å². The largest absolute Gasteiger partial charge is 0.381 e. The van der Waals surface area contributed by atoms with Crippen LogP contribution in [0.3, 0.4) is 0 Å². The predicted molar refractivity (Wildman–Crippen MR) is 83.9 cm³/mol. The Kier molecular flexibility index (Phi) is 4.93. The van der Waals surface area contributed by atoms with Crippen LogP contribution in [0, 0.1) is 0 Å². The van der Waals surface area contributed by atoms with Crippen LogP contribution in [-0.4, -0.2) is 50.5 Å². The van der Waals surface area contributed by atoms with Gasteiger partial charge in [-0.2, -0.15) is 0 Å². The van der Waals surface area contributed by atoms with Crippen LogP contribution in [0.25, 0.3) is 0 Å². The molecule has 0 spiro atoms. The Morgan fingerprint density at radius 2 is 1.95 bits per heavy atom. The maximum atomic E-state index is 5.42. The quantitative estimate of drug-likeness (QED) is 0.922. The number of nitrogens with one attached hydrogen (secondary N) is 1. The third kappa shape index (κ3) is 3.86. The van der Waals surface area contributed by atoms with Crippen LogP contribution in [0.1, 0.15) is 25.7 Å². The van der Waals surface area contributed by atoms with Gasteiger partial charge in [0.15, 0.2) is 0 Å². The molecule has 1 N–H and O–H groups in total. The van der Waals surface area contributed by atoms with Crippen molar-refractivity contribution in [1.82, 2.24) is 4.98 Å². The molecular formula is C16H25N3O2. The van der Waals surface area contributed by atoms with Gasteiger partial charge < -0.3 is 19.7 Å². The summed E-state index contributed by atoms with van der Waals surface area (Å²) in [4.78, 5) is 6.86.